The number of nitrogens with one attached hydrogen (secondary N) is 2. The number of rotatable bonds is 4. The van der Waals surface area contributed by atoms with E-state index in [9.17, 15) is 9.90 Å². The van der Waals surface area contributed by atoms with Crippen LogP contribution < -0.4 is 10.2 Å². The topological polar surface area (TPSA) is 86.7 Å². The van der Waals surface area contributed by atoms with Gasteiger partial charge in [0.05, 0.1) is 18.3 Å². The number of carbonyl (C=O) groups excluding carboxylic acids is 1. The number of hydrogen-bond donors (Lipinski definition) is 3. The molecular weight excluding hydrogens is 330 g/mol. The van der Waals surface area contributed by atoms with Crippen LogP contribution in [0.3, 0.4) is 0 Å². The highest BCUT2D eigenvalue weighted by molar-refractivity contribution is 6.38. The van der Waals surface area contributed by atoms with Crippen LogP contribution in [0.1, 0.15) is 16.1 Å². The quantitative estimate of drug-likeness (QED) is 0.502. The molecule has 1 amide bonds. The number of aromatic amines is 1. The van der Waals surface area contributed by atoms with Crippen LogP contribution in [0.5, 0.6) is 11.5 Å². The van der Waals surface area contributed by atoms with E-state index in [1.165, 1.54) is 19.4 Å². The van der Waals surface area contributed by atoms with E-state index >= 15 is 0 Å². The van der Waals surface area contributed by atoms with Crippen LogP contribution in [-0.2, 0) is 0 Å². The Bertz CT molecular complexity index is 934. The van der Waals surface area contributed by atoms with Crippen molar-refractivity contribution in [3.63, 3.8) is 0 Å². The highest BCUT2D eigenvalue weighted by atomic mass is 35.5. The number of fused-ring (bicyclic) bond motifs is 1. The number of nitrogens with zero attached hydrogens (tertiary/aromatic N) is 1. The third-order valence-corrected chi connectivity index (χ3v) is 3.87. The maximum absolute atomic E-state index is 12.2. The summed E-state index contributed by atoms with van der Waals surface area (Å²) < 4.78 is 5.07. The van der Waals surface area contributed by atoms with Crippen LogP contribution in [0.2, 0.25) is 5.02 Å². The van der Waals surface area contributed by atoms with E-state index in [4.69, 9.17) is 16.3 Å². The van der Waals surface area contributed by atoms with Crippen LogP contribution in [0.4, 0.5) is 0 Å². The summed E-state index contributed by atoms with van der Waals surface area (Å²) >= 11 is 6.21. The minimum atomic E-state index is -0.477. The molecule has 0 spiro atoms. The lowest BCUT2D eigenvalue weighted by Gasteiger charge is -2.03. The minimum absolute atomic E-state index is 0.0254. The second-order valence-electron chi connectivity index (χ2n) is 4.98. The number of amides is 1. The van der Waals surface area contributed by atoms with Crippen molar-refractivity contribution in [3.05, 3.63) is 58.7 Å². The number of aromatic nitrogens is 1. The number of aromatic hydroxyl groups is 1. The molecule has 122 valence electrons. The zero-order chi connectivity index (χ0) is 17.1. The molecule has 3 aromatic rings. The lowest BCUT2D eigenvalue weighted by Crippen LogP contribution is -2.18. The van der Waals surface area contributed by atoms with Crippen LogP contribution in [0, 0.1) is 0 Å². The molecular formula is C17H14ClN3O3. The highest BCUT2D eigenvalue weighted by Crippen LogP contribution is 2.27. The Hall–Kier alpha value is -2.99. The molecule has 0 saturated carbocycles. The van der Waals surface area contributed by atoms with Gasteiger partial charge in [0.15, 0.2) is 0 Å². The molecule has 2 aromatic carbocycles. The van der Waals surface area contributed by atoms with Crippen LogP contribution >= 0.6 is 11.6 Å². The zero-order valence-corrected chi connectivity index (χ0v) is 13.5. The first-order valence-corrected chi connectivity index (χ1v) is 7.44. The predicted molar refractivity (Wildman–Crippen MR) is 93.0 cm³/mol. The second kappa shape index (κ2) is 6.64. The summed E-state index contributed by atoms with van der Waals surface area (Å²) in [5.41, 5.74) is 3.78. The number of hydrazone groups is 1. The van der Waals surface area contributed by atoms with E-state index in [0.717, 1.165) is 10.9 Å². The van der Waals surface area contributed by atoms with Crippen molar-refractivity contribution in [1.29, 1.82) is 0 Å². The standard InChI is InChI=1S/C17H14ClN3O3/c1-24-11-6-7-14(22)10(8-11)9-19-21-17(23)16-15(18)12-4-2-3-5-13(12)20-16/h2-9,20,22H,1H3,(H,21,23)/b19-9+. The van der Waals surface area contributed by atoms with Gasteiger partial charge in [-0.05, 0) is 24.3 Å². The number of para-hydroxylation sites is 1. The van der Waals surface area contributed by atoms with Gasteiger partial charge in [-0.15, -0.1) is 0 Å². The number of methoxy groups -OCH3 is 1. The van der Waals surface area contributed by atoms with Gasteiger partial charge in [0.1, 0.15) is 17.2 Å². The zero-order valence-electron chi connectivity index (χ0n) is 12.7. The van der Waals surface area contributed by atoms with Gasteiger partial charge in [0.25, 0.3) is 5.91 Å². The number of ether oxygens (including phenoxy) is 1. The predicted octanol–water partition coefficient (Wildman–Crippen LogP) is 3.30. The van der Waals surface area contributed by atoms with Crippen molar-refractivity contribution < 1.29 is 14.6 Å². The number of halogens is 1. The monoisotopic (exact) mass is 343 g/mol. The van der Waals surface area contributed by atoms with Gasteiger partial charge >= 0.3 is 0 Å². The number of carbonyl (C=O) groups is 1. The molecule has 0 bridgehead atoms. The number of hydrogen-bond acceptors (Lipinski definition) is 4. The van der Waals surface area contributed by atoms with E-state index in [2.05, 4.69) is 15.5 Å². The van der Waals surface area contributed by atoms with Crippen molar-refractivity contribution in [3.8, 4) is 11.5 Å². The number of benzene rings is 2. The fourth-order valence-corrected chi connectivity index (χ4v) is 2.54. The fraction of sp³-hybridized carbons (Fsp3) is 0.0588. The van der Waals surface area contributed by atoms with Crippen molar-refractivity contribution in [2.24, 2.45) is 5.10 Å². The van der Waals surface area contributed by atoms with E-state index < -0.39 is 5.91 Å². The lowest BCUT2D eigenvalue weighted by molar-refractivity contribution is 0.0951. The molecule has 0 saturated heterocycles. The largest absolute Gasteiger partial charge is 0.507 e. The number of phenolic OH excluding ortho intramolecular Hbond substituents is 1. The van der Waals surface area contributed by atoms with Gasteiger partial charge in [0.2, 0.25) is 0 Å². The molecule has 24 heavy (non-hydrogen) atoms. The van der Waals surface area contributed by atoms with Crippen LogP contribution in [0.15, 0.2) is 47.6 Å². The van der Waals surface area contributed by atoms with Gasteiger partial charge < -0.3 is 14.8 Å². The Morgan fingerprint density at radius 2 is 2.12 bits per heavy atom. The summed E-state index contributed by atoms with van der Waals surface area (Å²) in [6.45, 7) is 0. The highest BCUT2D eigenvalue weighted by Gasteiger charge is 2.15. The molecule has 0 fully saturated rings. The molecule has 3 rings (SSSR count). The molecule has 0 unspecified atom stereocenters. The first-order valence-electron chi connectivity index (χ1n) is 7.06. The third kappa shape index (κ3) is 3.04. The number of H-pyrrole nitrogens is 1. The Kier molecular flexibility index (Phi) is 4.39. The first-order chi connectivity index (χ1) is 11.6. The van der Waals surface area contributed by atoms with Crippen LogP contribution in [0.25, 0.3) is 10.9 Å². The third-order valence-electron chi connectivity index (χ3n) is 3.47. The Morgan fingerprint density at radius 1 is 1.33 bits per heavy atom. The molecule has 0 aliphatic carbocycles. The Labute approximate surface area is 142 Å². The second-order valence-corrected chi connectivity index (χ2v) is 5.36. The van der Waals surface area contributed by atoms with Gasteiger partial charge in [-0.2, -0.15) is 5.10 Å². The summed E-state index contributed by atoms with van der Waals surface area (Å²) in [7, 11) is 1.52. The minimum Gasteiger partial charge on any atom is -0.507 e. The van der Waals surface area contributed by atoms with Crippen molar-refractivity contribution in [1.82, 2.24) is 10.4 Å². The molecule has 7 heteroatoms. The SMILES string of the molecule is COc1ccc(O)c(/C=N/NC(=O)c2[nH]c3ccccc3c2Cl)c1. The van der Waals surface area contributed by atoms with Gasteiger partial charge in [-0.25, -0.2) is 5.43 Å². The van der Waals surface area contributed by atoms with E-state index in [-0.39, 0.29) is 11.4 Å². The average molecular weight is 344 g/mol. The first kappa shape index (κ1) is 15.9. The Balaban J connectivity index is 1.78. The van der Waals surface area contributed by atoms with Gasteiger partial charge in [-0.3, -0.25) is 4.79 Å². The number of phenols is 1. The van der Waals surface area contributed by atoms with Gasteiger partial charge in [-0.1, -0.05) is 29.8 Å². The Morgan fingerprint density at radius 3 is 2.88 bits per heavy atom. The fourth-order valence-electron chi connectivity index (χ4n) is 2.24. The van der Waals surface area contributed by atoms with Gasteiger partial charge in [0, 0.05) is 16.5 Å². The van der Waals surface area contributed by atoms with Crippen molar-refractivity contribution >= 4 is 34.6 Å². The molecule has 0 aliphatic heterocycles. The summed E-state index contributed by atoms with van der Waals surface area (Å²) in [6, 6.07) is 12.0. The normalized spacial score (nSPS) is 11.1. The van der Waals surface area contributed by atoms with Crippen molar-refractivity contribution in [2.75, 3.05) is 7.11 Å². The van der Waals surface area contributed by atoms with E-state index in [1.54, 1.807) is 12.1 Å². The lowest BCUT2D eigenvalue weighted by atomic mass is 10.2. The van der Waals surface area contributed by atoms with E-state index in [1.807, 2.05) is 24.3 Å². The molecule has 3 N–H and O–H groups in total. The smallest absolute Gasteiger partial charge is 0.289 e. The molecule has 6 nitrogen and oxygen atoms in total. The van der Waals surface area contributed by atoms with E-state index in [0.29, 0.717) is 16.3 Å². The molecule has 1 aromatic heterocycles. The maximum atomic E-state index is 12.2. The summed E-state index contributed by atoms with van der Waals surface area (Å²) in [5, 5.41) is 14.7. The van der Waals surface area contributed by atoms with Crippen molar-refractivity contribution in [2.45, 2.75) is 0 Å². The summed E-state index contributed by atoms with van der Waals surface area (Å²) in [6.07, 6.45) is 1.33. The van der Waals surface area contributed by atoms with Crippen LogP contribution in [-0.4, -0.2) is 29.3 Å². The molecule has 0 radical (unpaired) electrons. The maximum Gasteiger partial charge on any atom is 0.289 e. The molecule has 1 heterocycles. The average Bonchev–Trinajstić information content (AvgIpc) is 2.94. The molecule has 0 aliphatic rings. The summed E-state index contributed by atoms with van der Waals surface area (Å²) in [4.78, 5) is 15.2. The molecule has 0 atom stereocenters. The summed E-state index contributed by atoms with van der Waals surface area (Å²) in [5.74, 6) is 0.117.